The van der Waals surface area contributed by atoms with Crippen molar-refractivity contribution in [3.05, 3.63) is 44.3 Å². The third-order valence-electron chi connectivity index (χ3n) is 3.73. The average molecular weight is 578 g/mol. The lowest BCUT2D eigenvalue weighted by Crippen LogP contribution is -1.92. The van der Waals surface area contributed by atoms with Crippen molar-refractivity contribution in [3.8, 4) is 23.0 Å². The van der Waals surface area contributed by atoms with Crippen molar-refractivity contribution in [2.45, 2.75) is 0 Å². The molecule has 0 spiro atoms. The molecule has 2 aromatic carbocycles. The van der Waals surface area contributed by atoms with Gasteiger partial charge in [0.15, 0.2) is 23.0 Å². The monoisotopic (exact) mass is 576 g/mol. The minimum atomic E-state index is 0.0819. The number of benzene rings is 2. The van der Waals surface area contributed by atoms with Crippen molar-refractivity contribution in [2.24, 2.45) is 9.98 Å². The second kappa shape index (κ2) is 13.1. The molecule has 0 aliphatic carbocycles. The maximum absolute atomic E-state index is 10.1. The lowest BCUT2D eigenvalue weighted by atomic mass is 10.2. The van der Waals surface area contributed by atoms with Crippen LogP contribution in [0.5, 0.6) is 23.0 Å². The summed E-state index contributed by atoms with van der Waals surface area (Å²) in [6.45, 7) is 1.28. The van der Waals surface area contributed by atoms with Gasteiger partial charge in [0, 0.05) is 57.1 Å². The van der Waals surface area contributed by atoms with Gasteiger partial charge in [-0.25, -0.2) is 0 Å². The van der Waals surface area contributed by atoms with E-state index in [0.717, 1.165) is 20.5 Å². The minimum Gasteiger partial charge on any atom is -0.504 e. The highest BCUT2D eigenvalue weighted by Gasteiger charge is 2.08. The fourth-order valence-electron chi connectivity index (χ4n) is 2.32. The molecule has 0 bridgehead atoms. The van der Waals surface area contributed by atoms with Crippen LogP contribution < -0.4 is 9.47 Å². The number of methoxy groups -OCH3 is 2. The van der Waals surface area contributed by atoms with Crippen molar-refractivity contribution in [1.29, 1.82) is 0 Å². The summed E-state index contributed by atoms with van der Waals surface area (Å²) in [6, 6.07) is 6.99. The van der Waals surface area contributed by atoms with Crippen LogP contribution in [0, 0.1) is 0 Å². The van der Waals surface area contributed by atoms with Crippen molar-refractivity contribution >= 4 is 65.9 Å². The highest BCUT2D eigenvalue weighted by Crippen LogP contribution is 2.33. The predicted molar refractivity (Wildman–Crippen MR) is 135 cm³/mol. The van der Waals surface area contributed by atoms with Crippen molar-refractivity contribution in [2.75, 3.05) is 38.8 Å². The Kier molecular flexibility index (Phi) is 10.9. The van der Waals surface area contributed by atoms with Crippen LogP contribution in [0.1, 0.15) is 11.1 Å². The van der Waals surface area contributed by atoms with Gasteiger partial charge in [-0.05, 0) is 24.3 Å². The summed E-state index contributed by atoms with van der Waals surface area (Å²) < 4.78 is 11.9. The average Bonchev–Trinajstić information content (AvgIpc) is 2.73. The molecule has 2 N–H and O–H groups in total. The zero-order chi connectivity index (χ0) is 21.9. The lowest BCUT2D eigenvalue weighted by Gasteiger charge is -2.06. The second-order valence-electron chi connectivity index (χ2n) is 5.81. The molecule has 6 nitrogen and oxygen atoms in total. The highest BCUT2D eigenvalue weighted by molar-refractivity contribution is 9.10. The number of halogens is 2. The van der Waals surface area contributed by atoms with E-state index in [1.807, 2.05) is 0 Å². The Morgan fingerprint density at radius 1 is 0.800 bits per heavy atom. The smallest absolute Gasteiger partial charge is 0.166 e. The molecule has 0 aliphatic heterocycles. The summed E-state index contributed by atoms with van der Waals surface area (Å²) in [6.07, 6.45) is 3.30. The first-order valence-electron chi connectivity index (χ1n) is 8.83. The Bertz CT molecular complexity index is 837. The van der Waals surface area contributed by atoms with Gasteiger partial charge in [-0.1, -0.05) is 53.4 Å². The van der Waals surface area contributed by atoms with Crippen LogP contribution in [0.15, 0.2) is 43.2 Å². The minimum absolute atomic E-state index is 0.0819. The maximum atomic E-state index is 10.1. The van der Waals surface area contributed by atoms with Crippen LogP contribution in [0.2, 0.25) is 0 Å². The molecule has 0 amide bonds. The zero-order valence-electron chi connectivity index (χ0n) is 16.5. The predicted octanol–water partition coefficient (Wildman–Crippen LogP) is 5.56. The van der Waals surface area contributed by atoms with Gasteiger partial charge in [-0.15, -0.1) is 0 Å². The summed E-state index contributed by atoms with van der Waals surface area (Å²) in [7, 11) is 6.46. The molecule has 0 unspecified atom stereocenters. The second-order valence-corrected chi connectivity index (χ2v) is 10.3. The quantitative estimate of drug-likeness (QED) is 0.207. The van der Waals surface area contributed by atoms with E-state index in [4.69, 9.17) is 9.47 Å². The van der Waals surface area contributed by atoms with Crippen molar-refractivity contribution < 1.29 is 19.7 Å². The molecule has 0 radical (unpaired) electrons. The molecular weight excluding hydrogens is 556 g/mol. The van der Waals surface area contributed by atoms with E-state index in [0.29, 0.717) is 35.7 Å². The molecule has 0 saturated heterocycles. The number of hydrogen-bond acceptors (Lipinski definition) is 8. The topological polar surface area (TPSA) is 83.6 Å². The van der Waals surface area contributed by atoms with E-state index in [1.165, 1.54) is 14.2 Å². The molecule has 162 valence electrons. The fraction of sp³-hybridized carbons (Fsp3) is 0.300. The first kappa shape index (κ1) is 24.9. The third kappa shape index (κ3) is 7.72. The molecule has 0 atom stereocenters. The first-order valence-corrected chi connectivity index (χ1v) is 12.9. The molecule has 0 heterocycles. The van der Waals surface area contributed by atoms with Gasteiger partial charge in [0.1, 0.15) is 0 Å². The van der Waals surface area contributed by atoms with Crippen LogP contribution in [0.3, 0.4) is 0 Å². The Morgan fingerprint density at radius 3 is 1.57 bits per heavy atom. The Balaban J connectivity index is 1.69. The fourth-order valence-corrected chi connectivity index (χ4v) is 4.98. The van der Waals surface area contributed by atoms with Crippen LogP contribution in [0.4, 0.5) is 0 Å². The molecule has 2 rings (SSSR count). The third-order valence-corrected chi connectivity index (χ3v) is 7.01. The van der Waals surface area contributed by atoms with Crippen LogP contribution in [-0.4, -0.2) is 61.5 Å². The van der Waals surface area contributed by atoms with E-state index in [9.17, 15) is 10.2 Å². The Morgan fingerprint density at radius 2 is 1.20 bits per heavy atom. The molecule has 0 aliphatic rings. The van der Waals surface area contributed by atoms with E-state index in [2.05, 4.69) is 41.8 Å². The Labute approximate surface area is 200 Å². The summed E-state index contributed by atoms with van der Waals surface area (Å²) in [4.78, 5) is 8.72. The number of ether oxygens (including phenoxy) is 2. The number of phenols is 2. The first-order chi connectivity index (χ1) is 14.5. The van der Waals surface area contributed by atoms with Gasteiger partial charge in [-0.2, -0.15) is 0 Å². The largest absolute Gasteiger partial charge is 0.504 e. The SMILES string of the molecule is COc1cc(Br)cc(/C=N/CCSSCC/N=C/c2cc(Br)cc(OC)c2O)c1O. The molecule has 10 heteroatoms. The highest BCUT2D eigenvalue weighted by atomic mass is 79.9. The van der Waals surface area contributed by atoms with Gasteiger partial charge in [0.05, 0.1) is 14.2 Å². The number of hydrogen-bond donors (Lipinski definition) is 2. The molecule has 2 aromatic rings. The molecule has 0 aromatic heterocycles. The van der Waals surface area contributed by atoms with Crippen LogP contribution in [0.25, 0.3) is 0 Å². The molecule has 0 fully saturated rings. The van der Waals surface area contributed by atoms with E-state index in [-0.39, 0.29) is 11.5 Å². The number of rotatable bonds is 11. The number of nitrogens with zero attached hydrogens (tertiary/aromatic N) is 2. The zero-order valence-corrected chi connectivity index (χ0v) is 21.3. The van der Waals surface area contributed by atoms with E-state index in [1.54, 1.807) is 58.3 Å². The van der Waals surface area contributed by atoms with E-state index >= 15 is 0 Å². The maximum Gasteiger partial charge on any atom is 0.166 e. The van der Waals surface area contributed by atoms with E-state index < -0.39 is 0 Å². The van der Waals surface area contributed by atoms with Crippen LogP contribution >= 0.6 is 53.4 Å². The number of aliphatic imine (C=N–C) groups is 2. The standard InChI is InChI=1S/C20H22Br2N2O4S2/c1-27-17-9-15(21)7-13(19(17)25)11-23-3-5-29-30-6-4-24-12-14-8-16(22)10-18(28-2)20(14)26/h7-12,25-26H,3-6H2,1-2H3/b23-11+,24-12+. The molecule has 0 saturated carbocycles. The summed E-state index contributed by atoms with van der Waals surface area (Å²) >= 11 is 6.77. The van der Waals surface area contributed by atoms with Gasteiger partial charge in [0.25, 0.3) is 0 Å². The number of aromatic hydroxyl groups is 2. The molecule has 30 heavy (non-hydrogen) atoms. The van der Waals surface area contributed by atoms with Gasteiger partial charge < -0.3 is 19.7 Å². The van der Waals surface area contributed by atoms with Crippen LogP contribution in [-0.2, 0) is 0 Å². The normalized spacial score (nSPS) is 11.5. The van der Waals surface area contributed by atoms with Gasteiger partial charge >= 0.3 is 0 Å². The van der Waals surface area contributed by atoms with Crippen molar-refractivity contribution in [1.82, 2.24) is 0 Å². The van der Waals surface area contributed by atoms with Gasteiger partial charge in [-0.3, -0.25) is 9.98 Å². The summed E-state index contributed by atoms with van der Waals surface area (Å²) in [5.41, 5.74) is 1.22. The molecular formula is C20H22Br2N2O4S2. The Hall–Kier alpha value is -1.36. The van der Waals surface area contributed by atoms with Crippen molar-refractivity contribution in [3.63, 3.8) is 0 Å². The van der Waals surface area contributed by atoms with Gasteiger partial charge in [0.2, 0.25) is 0 Å². The lowest BCUT2D eigenvalue weighted by molar-refractivity contribution is 0.373. The number of phenolic OH excluding ortho intramolecular Hbond substituents is 2. The summed E-state index contributed by atoms with van der Waals surface area (Å²) in [5.74, 6) is 2.68. The summed E-state index contributed by atoms with van der Waals surface area (Å²) in [5, 5.41) is 20.2.